The summed E-state index contributed by atoms with van der Waals surface area (Å²) in [6.07, 6.45) is 1.08. The van der Waals surface area contributed by atoms with Gasteiger partial charge in [-0.3, -0.25) is 4.68 Å². The number of hydrogen-bond acceptors (Lipinski definition) is 3. The van der Waals surface area contributed by atoms with E-state index in [2.05, 4.69) is 59.3 Å². The lowest BCUT2D eigenvalue weighted by molar-refractivity contribution is 0.410. The van der Waals surface area contributed by atoms with E-state index in [1.807, 2.05) is 11.7 Å². The fraction of sp³-hybridized carbons (Fsp3) is 0.818. The molecule has 1 heterocycles. The predicted octanol–water partition coefficient (Wildman–Crippen LogP) is 2.46. The number of rotatable bonds is 4. The third-order valence-electron chi connectivity index (χ3n) is 2.53. The van der Waals surface area contributed by atoms with Crippen molar-refractivity contribution in [2.24, 2.45) is 7.05 Å². The number of hydrogen-bond donors (Lipinski definition) is 1. The van der Waals surface area contributed by atoms with Gasteiger partial charge in [0.25, 0.3) is 0 Å². The van der Waals surface area contributed by atoms with Crippen molar-refractivity contribution in [3.63, 3.8) is 0 Å². The summed E-state index contributed by atoms with van der Waals surface area (Å²) < 4.78 is 2.70. The fourth-order valence-electron chi connectivity index (χ4n) is 1.66. The van der Waals surface area contributed by atoms with Crippen LogP contribution in [0, 0.1) is 0 Å². The molecule has 0 saturated heterocycles. The summed E-state index contributed by atoms with van der Waals surface area (Å²) in [5.74, 6) is 0.448. The van der Waals surface area contributed by atoms with Crippen LogP contribution in [-0.2, 0) is 7.05 Å². The SMILES string of the molecule is CC(CCNC(C)(C)C)c1c(Br)nnn1C. The Hall–Kier alpha value is -0.420. The van der Waals surface area contributed by atoms with Crippen molar-refractivity contribution in [3.05, 3.63) is 10.3 Å². The van der Waals surface area contributed by atoms with Crippen molar-refractivity contribution in [2.75, 3.05) is 6.54 Å². The van der Waals surface area contributed by atoms with Crippen molar-refractivity contribution >= 4 is 15.9 Å². The first-order chi connectivity index (χ1) is 7.31. The fourth-order valence-corrected chi connectivity index (χ4v) is 2.38. The Morgan fingerprint density at radius 1 is 1.44 bits per heavy atom. The molecule has 0 spiro atoms. The lowest BCUT2D eigenvalue weighted by Gasteiger charge is -2.22. The van der Waals surface area contributed by atoms with Crippen LogP contribution in [-0.4, -0.2) is 27.1 Å². The average Bonchev–Trinajstić information content (AvgIpc) is 2.43. The molecule has 92 valence electrons. The van der Waals surface area contributed by atoms with E-state index in [1.165, 1.54) is 0 Å². The van der Waals surface area contributed by atoms with Gasteiger partial charge < -0.3 is 5.32 Å². The predicted molar refractivity (Wildman–Crippen MR) is 69.5 cm³/mol. The zero-order chi connectivity index (χ0) is 12.3. The van der Waals surface area contributed by atoms with Crippen LogP contribution in [0.2, 0.25) is 0 Å². The van der Waals surface area contributed by atoms with Gasteiger partial charge >= 0.3 is 0 Å². The van der Waals surface area contributed by atoms with Crippen LogP contribution in [0.25, 0.3) is 0 Å². The zero-order valence-corrected chi connectivity index (χ0v) is 12.3. The van der Waals surface area contributed by atoms with E-state index in [9.17, 15) is 0 Å². The third kappa shape index (κ3) is 3.87. The van der Waals surface area contributed by atoms with Crippen LogP contribution >= 0.6 is 15.9 Å². The molecule has 4 nitrogen and oxygen atoms in total. The summed E-state index contributed by atoms with van der Waals surface area (Å²) in [7, 11) is 1.93. The van der Waals surface area contributed by atoms with Crippen LogP contribution in [0.5, 0.6) is 0 Å². The van der Waals surface area contributed by atoms with Crippen molar-refractivity contribution in [2.45, 2.75) is 45.6 Å². The topological polar surface area (TPSA) is 42.7 Å². The molecule has 1 aromatic rings. The van der Waals surface area contributed by atoms with Crippen molar-refractivity contribution in [3.8, 4) is 0 Å². The summed E-state index contributed by atoms with van der Waals surface area (Å²) in [6, 6.07) is 0. The first-order valence-corrected chi connectivity index (χ1v) is 6.40. The molecule has 0 saturated carbocycles. The molecule has 0 bridgehead atoms. The second-order valence-electron chi connectivity index (χ2n) is 5.26. The highest BCUT2D eigenvalue weighted by molar-refractivity contribution is 9.10. The summed E-state index contributed by atoms with van der Waals surface area (Å²) in [5.41, 5.74) is 1.34. The minimum absolute atomic E-state index is 0.182. The quantitative estimate of drug-likeness (QED) is 0.926. The van der Waals surface area contributed by atoms with Gasteiger partial charge in [0.2, 0.25) is 0 Å². The van der Waals surface area contributed by atoms with Gasteiger partial charge in [0.1, 0.15) is 0 Å². The number of nitrogens with zero attached hydrogens (tertiary/aromatic N) is 3. The Balaban J connectivity index is 2.50. The van der Waals surface area contributed by atoms with E-state index in [1.54, 1.807) is 0 Å². The second-order valence-corrected chi connectivity index (χ2v) is 6.01. The maximum atomic E-state index is 4.00. The lowest BCUT2D eigenvalue weighted by atomic mass is 10.0. The highest BCUT2D eigenvalue weighted by Crippen LogP contribution is 2.24. The minimum Gasteiger partial charge on any atom is -0.312 e. The molecule has 0 aliphatic carbocycles. The monoisotopic (exact) mass is 288 g/mol. The molecule has 0 radical (unpaired) electrons. The summed E-state index contributed by atoms with van der Waals surface area (Å²) >= 11 is 3.43. The van der Waals surface area contributed by atoms with Gasteiger partial charge in [-0.1, -0.05) is 12.1 Å². The highest BCUT2D eigenvalue weighted by atomic mass is 79.9. The molecule has 1 aromatic heterocycles. The average molecular weight is 289 g/mol. The van der Waals surface area contributed by atoms with Gasteiger partial charge in [-0.2, -0.15) is 0 Å². The Morgan fingerprint density at radius 2 is 2.06 bits per heavy atom. The number of aromatic nitrogens is 3. The van der Waals surface area contributed by atoms with Gasteiger partial charge in [-0.05, 0) is 49.7 Å². The Morgan fingerprint density at radius 3 is 2.50 bits per heavy atom. The summed E-state index contributed by atoms with van der Waals surface area (Å²) in [5, 5.41) is 11.5. The first kappa shape index (κ1) is 13.6. The van der Waals surface area contributed by atoms with Gasteiger partial charge in [-0.15, -0.1) is 5.10 Å². The molecular weight excluding hydrogens is 268 g/mol. The maximum absolute atomic E-state index is 4.00. The van der Waals surface area contributed by atoms with Gasteiger partial charge in [0, 0.05) is 18.5 Å². The normalized spacial score (nSPS) is 14.1. The van der Waals surface area contributed by atoms with Crippen molar-refractivity contribution in [1.82, 2.24) is 20.3 Å². The van der Waals surface area contributed by atoms with Crippen LogP contribution < -0.4 is 5.32 Å². The zero-order valence-electron chi connectivity index (χ0n) is 10.7. The molecule has 0 aromatic carbocycles. The molecule has 16 heavy (non-hydrogen) atoms. The summed E-state index contributed by atoms with van der Waals surface area (Å²) in [6.45, 7) is 9.74. The summed E-state index contributed by atoms with van der Waals surface area (Å²) in [4.78, 5) is 0. The highest BCUT2D eigenvalue weighted by Gasteiger charge is 2.16. The molecule has 1 N–H and O–H groups in total. The number of nitrogens with one attached hydrogen (secondary N) is 1. The second kappa shape index (κ2) is 5.27. The molecule has 1 unspecified atom stereocenters. The van der Waals surface area contributed by atoms with Gasteiger partial charge in [-0.25, -0.2) is 0 Å². The standard InChI is InChI=1S/C11H21BrN4/c1-8(6-7-13-11(2,3)4)9-10(12)14-15-16(9)5/h8,13H,6-7H2,1-5H3. The van der Waals surface area contributed by atoms with Crippen LogP contribution in [0.3, 0.4) is 0 Å². The van der Waals surface area contributed by atoms with Crippen LogP contribution in [0.4, 0.5) is 0 Å². The lowest BCUT2D eigenvalue weighted by Crippen LogP contribution is -2.36. The van der Waals surface area contributed by atoms with E-state index in [4.69, 9.17) is 0 Å². The maximum Gasteiger partial charge on any atom is 0.151 e. The molecule has 0 aliphatic rings. The third-order valence-corrected chi connectivity index (χ3v) is 3.09. The first-order valence-electron chi connectivity index (χ1n) is 5.61. The molecule has 0 aliphatic heterocycles. The van der Waals surface area contributed by atoms with E-state index in [0.717, 1.165) is 23.3 Å². The molecule has 1 rings (SSSR count). The van der Waals surface area contributed by atoms with E-state index in [0.29, 0.717) is 5.92 Å². The van der Waals surface area contributed by atoms with Crippen LogP contribution in [0.1, 0.15) is 45.7 Å². The van der Waals surface area contributed by atoms with Crippen molar-refractivity contribution < 1.29 is 0 Å². The van der Waals surface area contributed by atoms with Gasteiger partial charge in [0.15, 0.2) is 4.60 Å². The number of aryl methyl sites for hydroxylation is 1. The molecule has 1 atom stereocenters. The smallest absolute Gasteiger partial charge is 0.151 e. The molecule has 0 fully saturated rings. The number of halogens is 1. The van der Waals surface area contributed by atoms with Crippen LogP contribution in [0.15, 0.2) is 4.60 Å². The largest absolute Gasteiger partial charge is 0.312 e. The Labute approximate surface area is 106 Å². The molecule has 0 amide bonds. The van der Waals surface area contributed by atoms with E-state index in [-0.39, 0.29) is 5.54 Å². The van der Waals surface area contributed by atoms with E-state index >= 15 is 0 Å². The Kier molecular flexibility index (Phi) is 4.50. The Bertz CT molecular complexity index is 321. The minimum atomic E-state index is 0.182. The van der Waals surface area contributed by atoms with Crippen molar-refractivity contribution in [1.29, 1.82) is 0 Å². The van der Waals surface area contributed by atoms with E-state index < -0.39 is 0 Å². The molecule has 5 heteroatoms. The van der Waals surface area contributed by atoms with Gasteiger partial charge in [0.05, 0.1) is 5.69 Å². The molecular formula is C11H21BrN4.